The van der Waals surface area contributed by atoms with Gasteiger partial charge in [-0.05, 0) is 6.42 Å². The Labute approximate surface area is 93.0 Å². The number of urea groups is 1. The van der Waals surface area contributed by atoms with Crippen molar-refractivity contribution in [3.63, 3.8) is 0 Å². The summed E-state index contributed by atoms with van der Waals surface area (Å²) >= 11 is 0. The maximum Gasteiger partial charge on any atom is 0.405 e. The molecule has 0 aliphatic heterocycles. The summed E-state index contributed by atoms with van der Waals surface area (Å²) in [5.41, 5.74) is 5.28. The maximum atomic E-state index is 11.9. The molecule has 2 amide bonds. The van der Waals surface area contributed by atoms with Crippen LogP contribution in [0.5, 0.6) is 0 Å². The second-order valence-electron chi connectivity index (χ2n) is 3.40. The average Bonchev–Trinajstić information content (AvgIpc) is 2.19. The summed E-state index contributed by atoms with van der Waals surface area (Å²) in [5, 5.41) is 1.82. The van der Waals surface area contributed by atoms with Gasteiger partial charge in [0.15, 0.2) is 0 Å². The first-order valence-corrected chi connectivity index (χ1v) is 5.20. The van der Waals surface area contributed by atoms with Gasteiger partial charge in [-0.2, -0.15) is 13.2 Å². The van der Waals surface area contributed by atoms with Gasteiger partial charge in [0.25, 0.3) is 0 Å². The zero-order chi connectivity index (χ0) is 12.6. The van der Waals surface area contributed by atoms with Crippen LogP contribution in [-0.4, -0.2) is 43.3 Å². The van der Waals surface area contributed by atoms with Crippen molar-refractivity contribution in [2.75, 3.05) is 26.2 Å². The van der Waals surface area contributed by atoms with Gasteiger partial charge < -0.3 is 16.0 Å². The van der Waals surface area contributed by atoms with Crippen LogP contribution in [0.2, 0.25) is 0 Å². The van der Waals surface area contributed by atoms with Crippen molar-refractivity contribution in [1.82, 2.24) is 10.2 Å². The molecule has 0 atom stereocenters. The van der Waals surface area contributed by atoms with Crippen LogP contribution < -0.4 is 11.1 Å². The summed E-state index contributed by atoms with van der Waals surface area (Å²) in [5.74, 6) is 0. The number of nitrogens with one attached hydrogen (secondary N) is 1. The number of halogens is 3. The third kappa shape index (κ3) is 7.33. The fraction of sp³-hybridized carbons (Fsp3) is 0.889. The Balaban J connectivity index is 4.05. The van der Waals surface area contributed by atoms with Gasteiger partial charge in [0.1, 0.15) is 6.54 Å². The molecule has 0 heterocycles. The van der Waals surface area contributed by atoms with Gasteiger partial charge in [-0.15, -0.1) is 0 Å². The zero-order valence-electron chi connectivity index (χ0n) is 9.31. The molecule has 0 saturated carbocycles. The number of nitrogens with two attached hydrogens (primary N) is 1. The molecular formula is C9H18F3N3O. The highest BCUT2D eigenvalue weighted by Gasteiger charge is 2.28. The molecule has 0 spiro atoms. The summed E-state index contributed by atoms with van der Waals surface area (Å²) in [7, 11) is 0. The number of nitrogens with zero attached hydrogens (tertiary/aromatic N) is 1. The minimum atomic E-state index is -4.38. The normalized spacial score (nSPS) is 11.3. The first kappa shape index (κ1) is 15.0. The first-order chi connectivity index (χ1) is 7.40. The first-order valence-electron chi connectivity index (χ1n) is 5.20. The number of rotatable bonds is 6. The van der Waals surface area contributed by atoms with E-state index < -0.39 is 18.8 Å². The molecule has 0 unspecified atom stereocenters. The number of hydrogen-bond donors (Lipinski definition) is 2. The molecule has 0 saturated heterocycles. The van der Waals surface area contributed by atoms with Crippen LogP contribution in [-0.2, 0) is 0 Å². The van der Waals surface area contributed by atoms with E-state index in [4.69, 9.17) is 5.73 Å². The molecule has 0 radical (unpaired) electrons. The molecule has 0 fully saturated rings. The van der Waals surface area contributed by atoms with Crippen LogP contribution in [0.15, 0.2) is 0 Å². The van der Waals surface area contributed by atoms with E-state index in [0.717, 1.165) is 12.8 Å². The van der Waals surface area contributed by atoms with Gasteiger partial charge in [0, 0.05) is 19.6 Å². The topological polar surface area (TPSA) is 58.4 Å². The Morgan fingerprint density at radius 3 is 2.44 bits per heavy atom. The molecule has 3 N–H and O–H groups in total. The van der Waals surface area contributed by atoms with Gasteiger partial charge in [0.2, 0.25) is 0 Å². The highest BCUT2D eigenvalue weighted by atomic mass is 19.4. The fourth-order valence-electron chi connectivity index (χ4n) is 1.11. The van der Waals surface area contributed by atoms with Crippen molar-refractivity contribution in [1.29, 1.82) is 0 Å². The molecule has 7 heteroatoms. The standard InChI is InChI=1S/C9H18F3N3O/c1-2-3-5-15(6-4-13)8(16)14-7-9(10,11)12/h2-7,13H2,1H3,(H,14,16). The molecule has 0 bridgehead atoms. The molecule has 96 valence electrons. The van der Waals surface area contributed by atoms with Gasteiger partial charge in [-0.1, -0.05) is 13.3 Å². The molecule has 0 aromatic heterocycles. The molecular weight excluding hydrogens is 223 g/mol. The summed E-state index contributed by atoms with van der Waals surface area (Å²) in [6, 6.07) is -0.712. The monoisotopic (exact) mass is 241 g/mol. The molecule has 0 rings (SSSR count). The minimum absolute atomic E-state index is 0.239. The van der Waals surface area contributed by atoms with Gasteiger partial charge in [-0.3, -0.25) is 0 Å². The van der Waals surface area contributed by atoms with Crippen molar-refractivity contribution in [2.45, 2.75) is 25.9 Å². The number of amides is 2. The number of carbonyl (C=O) groups excluding carboxylic acids is 1. The number of unbranched alkanes of at least 4 members (excludes halogenated alkanes) is 1. The van der Waals surface area contributed by atoms with E-state index in [-0.39, 0.29) is 13.1 Å². The lowest BCUT2D eigenvalue weighted by Crippen LogP contribution is -2.45. The smallest absolute Gasteiger partial charge is 0.329 e. The lowest BCUT2D eigenvalue weighted by atomic mass is 10.3. The van der Waals surface area contributed by atoms with E-state index in [0.29, 0.717) is 6.54 Å². The van der Waals surface area contributed by atoms with Crippen molar-refractivity contribution < 1.29 is 18.0 Å². The Morgan fingerprint density at radius 1 is 1.38 bits per heavy atom. The molecule has 0 aliphatic carbocycles. The zero-order valence-corrected chi connectivity index (χ0v) is 9.31. The quantitative estimate of drug-likeness (QED) is 0.736. The Hall–Kier alpha value is -0.980. The van der Waals surface area contributed by atoms with E-state index >= 15 is 0 Å². The van der Waals surface area contributed by atoms with E-state index in [1.807, 2.05) is 12.2 Å². The summed E-state index contributed by atoms with van der Waals surface area (Å²) in [4.78, 5) is 12.6. The largest absolute Gasteiger partial charge is 0.405 e. The Bertz CT molecular complexity index is 209. The average molecular weight is 241 g/mol. The third-order valence-corrected chi connectivity index (χ3v) is 1.91. The Morgan fingerprint density at radius 2 is 2.00 bits per heavy atom. The van der Waals surface area contributed by atoms with Crippen LogP contribution in [0.4, 0.5) is 18.0 Å². The second-order valence-corrected chi connectivity index (χ2v) is 3.40. The van der Waals surface area contributed by atoms with Crippen molar-refractivity contribution >= 4 is 6.03 Å². The molecule has 0 aromatic carbocycles. The van der Waals surface area contributed by atoms with Gasteiger partial charge >= 0.3 is 12.2 Å². The van der Waals surface area contributed by atoms with E-state index in [1.165, 1.54) is 4.90 Å². The predicted molar refractivity (Wildman–Crippen MR) is 55.0 cm³/mol. The molecule has 0 aromatic rings. The van der Waals surface area contributed by atoms with Crippen molar-refractivity contribution in [2.24, 2.45) is 5.73 Å². The fourth-order valence-corrected chi connectivity index (χ4v) is 1.11. The molecule has 16 heavy (non-hydrogen) atoms. The summed E-state index contributed by atoms with van der Waals surface area (Å²) in [6.45, 7) is 1.57. The highest BCUT2D eigenvalue weighted by Crippen LogP contribution is 2.12. The van der Waals surface area contributed by atoms with Gasteiger partial charge in [0.05, 0.1) is 0 Å². The van der Waals surface area contributed by atoms with Crippen molar-refractivity contribution in [3.8, 4) is 0 Å². The number of alkyl halides is 3. The predicted octanol–water partition coefficient (Wildman–Crippen LogP) is 1.32. The lowest BCUT2D eigenvalue weighted by molar-refractivity contribution is -0.123. The van der Waals surface area contributed by atoms with Crippen LogP contribution in [0.1, 0.15) is 19.8 Å². The van der Waals surface area contributed by atoms with Crippen LogP contribution in [0.3, 0.4) is 0 Å². The number of carbonyl (C=O) groups is 1. The van der Waals surface area contributed by atoms with E-state index in [1.54, 1.807) is 0 Å². The Kier molecular flexibility index (Phi) is 6.87. The third-order valence-electron chi connectivity index (χ3n) is 1.91. The molecule has 4 nitrogen and oxygen atoms in total. The second kappa shape index (κ2) is 7.32. The van der Waals surface area contributed by atoms with E-state index in [9.17, 15) is 18.0 Å². The molecule has 0 aliphatic rings. The van der Waals surface area contributed by atoms with Crippen LogP contribution in [0.25, 0.3) is 0 Å². The van der Waals surface area contributed by atoms with Crippen molar-refractivity contribution in [3.05, 3.63) is 0 Å². The lowest BCUT2D eigenvalue weighted by Gasteiger charge is -2.22. The van der Waals surface area contributed by atoms with Gasteiger partial charge in [-0.25, -0.2) is 4.79 Å². The number of hydrogen-bond acceptors (Lipinski definition) is 2. The highest BCUT2D eigenvalue weighted by molar-refractivity contribution is 5.74. The van der Waals surface area contributed by atoms with E-state index in [2.05, 4.69) is 0 Å². The maximum absolute atomic E-state index is 11.9. The minimum Gasteiger partial charge on any atom is -0.329 e. The van der Waals surface area contributed by atoms with Crippen LogP contribution >= 0.6 is 0 Å². The SMILES string of the molecule is CCCCN(CCN)C(=O)NCC(F)(F)F. The summed E-state index contributed by atoms with van der Waals surface area (Å²) < 4.78 is 35.6. The van der Waals surface area contributed by atoms with Crippen LogP contribution in [0, 0.1) is 0 Å². The summed E-state index contributed by atoms with van der Waals surface area (Å²) in [6.07, 6.45) is -2.76.